The summed E-state index contributed by atoms with van der Waals surface area (Å²) < 4.78 is 13.6. The first kappa shape index (κ1) is 16.1. The molecule has 2 aromatic rings. The Labute approximate surface area is 131 Å². The summed E-state index contributed by atoms with van der Waals surface area (Å²) in [5.74, 6) is 0.716. The number of hydrogen-bond donors (Lipinski definition) is 1. The molecule has 3 heteroatoms. The van der Waals surface area contributed by atoms with Gasteiger partial charge in [0, 0.05) is 16.7 Å². The first-order chi connectivity index (χ1) is 10.1. The van der Waals surface area contributed by atoms with Crippen LogP contribution in [0.15, 0.2) is 47.4 Å². The van der Waals surface area contributed by atoms with E-state index in [9.17, 15) is 4.39 Å². The molecule has 0 spiro atoms. The van der Waals surface area contributed by atoms with Gasteiger partial charge < -0.3 is 5.32 Å². The van der Waals surface area contributed by atoms with Crippen LogP contribution in [0, 0.1) is 19.7 Å². The van der Waals surface area contributed by atoms with Crippen molar-refractivity contribution >= 4 is 11.8 Å². The second-order valence-corrected chi connectivity index (χ2v) is 6.41. The van der Waals surface area contributed by atoms with Gasteiger partial charge in [-0.3, -0.25) is 0 Å². The molecule has 0 saturated carbocycles. The third-order valence-electron chi connectivity index (χ3n) is 3.74. The molecule has 0 aromatic heterocycles. The highest BCUT2D eigenvalue weighted by molar-refractivity contribution is 7.99. The molecule has 2 rings (SSSR count). The number of rotatable bonds is 6. The van der Waals surface area contributed by atoms with Gasteiger partial charge in [0.05, 0.1) is 0 Å². The number of hydrogen-bond acceptors (Lipinski definition) is 2. The van der Waals surface area contributed by atoms with Gasteiger partial charge >= 0.3 is 0 Å². The number of likely N-dealkylation sites (N-methyl/N-ethyl adjacent to an activating group) is 1. The summed E-state index contributed by atoms with van der Waals surface area (Å²) in [6.45, 7) is 4.27. The van der Waals surface area contributed by atoms with Crippen LogP contribution < -0.4 is 5.32 Å². The lowest BCUT2D eigenvalue weighted by molar-refractivity contribution is 0.598. The average Bonchev–Trinajstić information content (AvgIpc) is 2.48. The zero-order chi connectivity index (χ0) is 15.2. The molecule has 0 saturated heterocycles. The van der Waals surface area contributed by atoms with E-state index in [-0.39, 0.29) is 5.82 Å². The predicted octanol–water partition coefficient (Wildman–Crippen LogP) is 4.37. The van der Waals surface area contributed by atoms with Crippen molar-refractivity contribution in [3.63, 3.8) is 0 Å². The molecule has 1 N–H and O–H groups in total. The van der Waals surface area contributed by atoms with Gasteiger partial charge in [0.1, 0.15) is 5.82 Å². The van der Waals surface area contributed by atoms with Crippen LogP contribution in [0.25, 0.3) is 0 Å². The third-order valence-corrected chi connectivity index (χ3v) is 4.95. The van der Waals surface area contributed by atoms with Gasteiger partial charge in [-0.15, -0.1) is 11.8 Å². The van der Waals surface area contributed by atoms with Crippen LogP contribution in [0.5, 0.6) is 0 Å². The molecule has 21 heavy (non-hydrogen) atoms. The van der Waals surface area contributed by atoms with Crippen LogP contribution in [0.2, 0.25) is 0 Å². The van der Waals surface area contributed by atoms with Crippen LogP contribution in [-0.4, -0.2) is 18.8 Å². The Hall–Kier alpha value is -1.32. The van der Waals surface area contributed by atoms with Crippen molar-refractivity contribution in [2.45, 2.75) is 31.2 Å². The lowest BCUT2D eigenvalue weighted by atomic mass is 10.0. The third kappa shape index (κ3) is 4.58. The Morgan fingerprint density at radius 2 is 1.86 bits per heavy atom. The van der Waals surface area contributed by atoms with E-state index in [0.29, 0.717) is 6.04 Å². The van der Waals surface area contributed by atoms with Crippen molar-refractivity contribution in [3.8, 4) is 0 Å². The van der Waals surface area contributed by atoms with E-state index >= 15 is 0 Å². The summed E-state index contributed by atoms with van der Waals surface area (Å²) in [5, 5.41) is 3.33. The molecule has 1 atom stereocenters. The molecule has 1 nitrogen and oxygen atoms in total. The smallest absolute Gasteiger partial charge is 0.136 e. The van der Waals surface area contributed by atoms with Crippen LogP contribution in [-0.2, 0) is 6.42 Å². The molecule has 0 amide bonds. The van der Waals surface area contributed by atoms with E-state index in [1.807, 2.05) is 19.2 Å². The molecule has 0 heterocycles. The summed E-state index contributed by atoms with van der Waals surface area (Å²) in [6, 6.07) is 13.9. The number of nitrogens with one attached hydrogen (secondary N) is 1. The number of benzene rings is 2. The SMILES string of the molecule is CNC(CSc1ccccc1F)Cc1ccc(C)c(C)c1. The number of aryl methyl sites for hydroxylation is 2. The van der Waals surface area contributed by atoms with Gasteiger partial charge in [-0.2, -0.15) is 0 Å². The molecular weight excluding hydrogens is 281 g/mol. The summed E-state index contributed by atoms with van der Waals surface area (Å²) >= 11 is 1.57. The van der Waals surface area contributed by atoms with Gasteiger partial charge in [-0.1, -0.05) is 30.3 Å². The zero-order valence-corrected chi connectivity index (χ0v) is 13.6. The van der Waals surface area contributed by atoms with Crippen LogP contribution in [0.3, 0.4) is 0 Å². The lowest BCUT2D eigenvalue weighted by Gasteiger charge is -2.17. The predicted molar refractivity (Wildman–Crippen MR) is 89.6 cm³/mol. The van der Waals surface area contributed by atoms with Gasteiger partial charge in [0.15, 0.2) is 0 Å². The van der Waals surface area contributed by atoms with E-state index in [4.69, 9.17) is 0 Å². The topological polar surface area (TPSA) is 12.0 Å². The molecule has 0 radical (unpaired) electrons. The van der Waals surface area contributed by atoms with Gasteiger partial charge in [-0.25, -0.2) is 4.39 Å². The normalized spacial score (nSPS) is 12.4. The second-order valence-electron chi connectivity index (χ2n) is 5.35. The Bertz CT molecular complexity index is 598. The van der Waals surface area contributed by atoms with Gasteiger partial charge in [0.2, 0.25) is 0 Å². The minimum Gasteiger partial charge on any atom is -0.316 e. The summed E-state index contributed by atoms with van der Waals surface area (Å²) in [4.78, 5) is 0.720. The highest BCUT2D eigenvalue weighted by Gasteiger charge is 2.10. The molecule has 2 aromatic carbocycles. The summed E-state index contributed by atoms with van der Waals surface area (Å²) in [7, 11) is 1.97. The fourth-order valence-corrected chi connectivity index (χ4v) is 3.26. The molecule has 1 unspecified atom stereocenters. The fraction of sp³-hybridized carbons (Fsp3) is 0.333. The largest absolute Gasteiger partial charge is 0.316 e. The Morgan fingerprint density at radius 3 is 2.52 bits per heavy atom. The minimum absolute atomic E-state index is 0.136. The van der Waals surface area contributed by atoms with Crippen molar-refractivity contribution in [1.82, 2.24) is 5.32 Å². The van der Waals surface area contributed by atoms with E-state index in [1.165, 1.54) is 22.8 Å². The van der Waals surface area contributed by atoms with Crippen LogP contribution >= 0.6 is 11.8 Å². The van der Waals surface area contributed by atoms with E-state index < -0.39 is 0 Å². The Kier molecular flexibility index (Phi) is 5.83. The van der Waals surface area contributed by atoms with Crippen LogP contribution in [0.4, 0.5) is 4.39 Å². The molecule has 0 bridgehead atoms. The highest BCUT2D eigenvalue weighted by atomic mass is 32.2. The molecule has 0 fully saturated rings. The van der Waals surface area contributed by atoms with Crippen molar-refractivity contribution in [1.29, 1.82) is 0 Å². The highest BCUT2D eigenvalue weighted by Crippen LogP contribution is 2.23. The number of halogens is 1. The fourth-order valence-electron chi connectivity index (χ4n) is 2.21. The van der Waals surface area contributed by atoms with Crippen molar-refractivity contribution < 1.29 is 4.39 Å². The maximum Gasteiger partial charge on any atom is 0.136 e. The summed E-state index contributed by atoms with van der Waals surface area (Å²) in [5.41, 5.74) is 3.97. The van der Waals surface area contributed by atoms with E-state index in [1.54, 1.807) is 17.8 Å². The van der Waals surface area contributed by atoms with Crippen molar-refractivity contribution in [2.75, 3.05) is 12.8 Å². The second kappa shape index (κ2) is 7.62. The van der Waals surface area contributed by atoms with Crippen molar-refractivity contribution in [3.05, 3.63) is 65.0 Å². The molecule has 0 aliphatic carbocycles. The first-order valence-corrected chi connectivity index (χ1v) is 8.19. The number of thioether (sulfide) groups is 1. The standard InChI is InChI=1S/C18H22FNS/c1-13-8-9-15(10-14(13)2)11-16(20-3)12-21-18-7-5-4-6-17(18)19/h4-10,16,20H,11-12H2,1-3H3. The summed E-state index contributed by atoms with van der Waals surface area (Å²) in [6.07, 6.45) is 0.957. The monoisotopic (exact) mass is 303 g/mol. The Morgan fingerprint density at radius 1 is 1.10 bits per heavy atom. The molecular formula is C18H22FNS. The maximum absolute atomic E-state index is 13.6. The lowest BCUT2D eigenvalue weighted by Crippen LogP contribution is -2.30. The Balaban J connectivity index is 1.97. The molecule has 112 valence electrons. The van der Waals surface area contributed by atoms with E-state index in [0.717, 1.165) is 17.1 Å². The quantitative estimate of drug-likeness (QED) is 0.796. The van der Waals surface area contributed by atoms with Gasteiger partial charge in [0.25, 0.3) is 0 Å². The first-order valence-electron chi connectivity index (χ1n) is 7.21. The zero-order valence-electron chi connectivity index (χ0n) is 12.8. The minimum atomic E-state index is -0.136. The molecule has 0 aliphatic heterocycles. The van der Waals surface area contributed by atoms with Crippen molar-refractivity contribution in [2.24, 2.45) is 0 Å². The van der Waals surface area contributed by atoms with E-state index in [2.05, 4.69) is 37.4 Å². The van der Waals surface area contributed by atoms with Gasteiger partial charge in [-0.05, 0) is 56.1 Å². The van der Waals surface area contributed by atoms with Crippen LogP contribution in [0.1, 0.15) is 16.7 Å². The molecule has 0 aliphatic rings. The maximum atomic E-state index is 13.6. The average molecular weight is 303 g/mol.